The smallest absolute Gasteiger partial charge is 0.0292 e. The van der Waals surface area contributed by atoms with E-state index in [0.717, 1.165) is 11.0 Å². The fourth-order valence-corrected chi connectivity index (χ4v) is 3.70. The number of nitrogens with one attached hydrogen (secondary N) is 1. The van der Waals surface area contributed by atoms with Crippen molar-refractivity contribution in [2.45, 2.75) is 38.1 Å². The SMILES string of the molecule is C[C@H](NCC1CCCc2ccccc21)c1cccc(Br)c1. The van der Waals surface area contributed by atoms with Gasteiger partial charge in [0.15, 0.2) is 0 Å². The van der Waals surface area contributed by atoms with E-state index in [1.165, 1.54) is 24.8 Å². The molecular formula is C19H22BrN. The number of hydrogen-bond donors (Lipinski definition) is 1. The summed E-state index contributed by atoms with van der Waals surface area (Å²) in [5, 5.41) is 3.72. The average molecular weight is 344 g/mol. The summed E-state index contributed by atoms with van der Waals surface area (Å²) in [5.74, 6) is 0.657. The molecule has 2 aromatic rings. The molecule has 0 bridgehead atoms. The summed E-state index contributed by atoms with van der Waals surface area (Å²) in [6.45, 7) is 3.31. The van der Waals surface area contributed by atoms with Crippen molar-refractivity contribution in [3.63, 3.8) is 0 Å². The summed E-state index contributed by atoms with van der Waals surface area (Å²) in [6.07, 6.45) is 3.86. The molecule has 110 valence electrons. The average Bonchev–Trinajstić information content (AvgIpc) is 2.52. The van der Waals surface area contributed by atoms with Crippen LogP contribution in [0.3, 0.4) is 0 Å². The third-order valence-electron chi connectivity index (χ3n) is 4.51. The van der Waals surface area contributed by atoms with E-state index in [2.05, 4.69) is 76.7 Å². The normalized spacial score (nSPS) is 19.0. The molecule has 0 saturated heterocycles. The predicted octanol–water partition coefficient (Wildman–Crippen LogP) is 5.22. The van der Waals surface area contributed by atoms with Gasteiger partial charge in [-0.15, -0.1) is 0 Å². The van der Waals surface area contributed by atoms with Crippen molar-refractivity contribution >= 4 is 15.9 Å². The molecule has 0 aliphatic heterocycles. The number of fused-ring (bicyclic) bond motifs is 1. The van der Waals surface area contributed by atoms with Crippen LogP contribution >= 0.6 is 15.9 Å². The van der Waals surface area contributed by atoms with Crippen LogP contribution in [-0.2, 0) is 6.42 Å². The van der Waals surface area contributed by atoms with Crippen molar-refractivity contribution in [3.8, 4) is 0 Å². The summed E-state index contributed by atoms with van der Waals surface area (Å²) in [4.78, 5) is 0. The Hall–Kier alpha value is -1.12. The number of aryl methyl sites for hydroxylation is 1. The Bertz CT molecular complexity index is 608. The van der Waals surface area contributed by atoms with E-state index in [0.29, 0.717) is 12.0 Å². The number of rotatable bonds is 4. The number of halogens is 1. The van der Waals surface area contributed by atoms with Crippen LogP contribution < -0.4 is 5.32 Å². The van der Waals surface area contributed by atoms with E-state index >= 15 is 0 Å². The minimum Gasteiger partial charge on any atom is -0.310 e. The standard InChI is InChI=1S/C19H22BrN/c1-14(16-8-5-10-18(20)12-16)21-13-17-9-4-7-15-6-2-3-11-19(15)17/h2-3,5-6,8,10-12,14,17,21H,4,7,9,13H2,1H3/t14-,17?/m0/s1. The Morgan fingerprint density at radius 1 is 1.19 bits per heavy atom. The van der Waals surface area contributed by atoms with Crippen molar-refractivity contribution in [1.82, 2.24) is 5.32 Å². The third kappa shape index (κ3) is 3.56. The molecule has 2 heteroatoms. The molecule has 1 aliphatic rings. The molecule has 21 heavy (non-hydrogen) atoms. The minimum atomic E-state index is 0.386. The minimum absolute atomic E-state index is 0.386. The molecule has 2 atom stereocenters. The van der Waals surface area contributed by atoms with E-state index in [1.54, 1.807) is 11.1 Å². The van der Waals surface area contributed by atoms with Gasteiger partial charge in [-0.25, -0.2) is 0 Å². The molecule has 1 aliphatic carbocycles. The molecule has 0 amide bonds. The highest BCUT2D eigenvalue weighted by Crippen LogP contribution is 2.31. The second-order valence-corrected chi connectivity index (χ2v) is 6.89. The zero-order valence-corrected chi connectivity index (χ0v) is 14.1. The highest BCUT2D eigenvalue weighted by Gasteiger charge is 2.20. The van der Waals surface area contributed by atoms with Gasteiger partial charge >= 0.3 is 0 Å². The van der Waals surface area contributed by atoms with Gasteiger partial charge in [0.1, 0.15) is 0 Å². The van der Waals surface area contributed by atoms with Crippen LogP contribution in [0.15, 0.2) is 53.0 Å². The Morgan fingerprint density at radius 3 is 2.90 bits per heavy atom. The second-order valence-electron chi connectivity index (χ2n) is 5.97. The lowest BCUT2D eigenvalue weighted by Gasteiger charge is -2.27. The fraction of sp³-hybridized carbons (Fsp3) is 0.368. The highest BCUT2D eigenvalue weighted by molar-refractivity contribution is 9.10. The van der Waals surface area contributed by atoms with Gasteiger partial charge in [-0.05, 0) is 60.9 Å². The van der Waals surface area contributed by atoms with Gasteiger partial charge in [-0.3, -0.25) is 0 Å². The molecule has 2 aromatic carbocycles. The van der Waals surface area contributed by atoms with Crippen LogP contribution in [-0.4, -0.2) is 6.54 Å². The Morgan fingerprint density at radius 2 is 2.05 bits per heavy atom. The van der Waals surface area contributed by atoms with Gasteiger partial charge in [-0.1, -0.05) is 52.3 Å². The molecule has 0 aromatic heterocycles. The van der Waals surface area contributed by atoms with Crippen LogP contribution in [0, 0.1) is 0 Å². The topological polar surface area (TPSA) is 12.0 Å². The summed E-state index contributed by atoms with van der Waals surface area (Å²) in [7, 11) is 0. The van der Waals surface area contributed by atoms with Crippen LogP contribution in [0.25, 0.3) is 0 Å². The van der Waals surface area contributed by atoms with Gasteiger partial charge in [0.25, 0.3) is 0 Å². The molecule has 0 spiro atoms. The molecule has 0 saturated carbocycles. The van der Waals surface area contributed by atoms with Crippen molar-refractivity contribution < 1.29 is 0 Å². The molecule has 3 rings (SSSR count). The molecule has 1 nitrogen and oxygen atoms in total. The lowest BCUT2D eigenvalue weighted by molar-refractivity contribution is 0.473. The second kappa shape index (κ2) is 6.76. The summed E-state index contributed by atoms with van der Waals surface area (Å²) < 4.78 is 1.15. The molecule has 1 N–H and O–H groups in total. The molecule has 1 unspecified atom stereocenters. The first kappa shape index (κ1) is 14.8. The van der Waals surface area contributed by atoms with Gasteiger partial charge in [0, 0.05) is 17.1 Å². The van der Waals surface area contributed by atoms with Crippen molar-refractivity contribution in [2.24, 2.45) is 0 Å². The van der Waals surface area contributed by atoms with E-state index < -0.39 is 0 Å². The molecule has 0 radical (unpaired) electrons. The van der Waals surface area contributed by atoms with Crippen molar-refractivity contribution in [2.75, 3.05) is 6.54 Å². The Labute approximate surface area is 135 Å². The highest BCUT2D eigenvalue weighted by atomic mass is 79.9. The number of hydrogen-bond acceptors (Lipinski definition) is 1. The first-order chi connectivity index (χ1) is 10.2. The maximum Gasteiger partial charge on any atom is 0.0292 e. The molecular weight excluding hydrogens is 322 g/mol. The van der Waals surface area contributed by atoms with Gasteiger partial charge < -0.3 is 5.32 Å². The molecule has 0 fully saturated rings. The van der Waals surface area contributed by atoms with Crippen molar-refractivity contribution in [1.29, 1.82) is 0 Å². The maximum atomic E-state index is 3.72. The monoisotopic (exact) mass is 343 g/mol. The van der Waals surface area contributed by atoms with Crippen LogP contribution in [0.2, 0.25) is 0 Å². The summed E-state index contributed by atoms with van der Waals surface area (Å²) in [6, 6.07) is 17.9. The van der Waals surface area contributed by atoms with Crippen LogP contribution in [0.4, 0.5) is 0 Å². The van der Waals surface area contributed by atoms with E-state index in [1.807, 2.05) is 0 Å². The third-order valence-corrected chi connectivity index (χ3v) is 5.01. The first-order valence-corrected chi connectivity index (χ1v) is 8.60. The lowest BCUT2D eigenvalue weighted by atomic mass is 9.82. The largest absolute Gasteiger partial charge is 0.310 e. The van der Waals surface area contributed by atoms with Gasteiger partial charge in [0.2, 0.25) is 0 Å². The van der Waals surface area contributed by atoms with Gasteiger partial charge in [0.05, 0.1) is 0 Å². The molecule has 0 heterocycles. The van der Waals surface area contributed by atoms with E-state index in [4.69, 9.17) is 0 Å². The van der Waals surface area contributed by atoms with Crippen LogP contribution in [0.1, 0.15) is 48.4 Å². The van der Waals surface area contributed by atoms with Crippen LogP contribution in [0.5, 0.6) is 0 Å². The first-order valence-electron chi connectivity index (χ1n) is 7.80. The zero-order valence-electron chi connectivity index (χ0n) is 12.5. The van der Waals surface area contributed by atoms with Crippen molar-refractivity contribution in [3.05, 3.63) is 69.7 Å². The lowest BCUT2D eigenvalue weighted by Crippen LogP contribution is -2.26. The Kier molecular flexibility index (Phi) is 4.77. The van der Waals surface area contributed by atoms with E-state index in [9.17, 15) is 0 Å². The maximum absolute atomic E-state index is 3.72. The van der Waals surface area contributed by atoms with Gasteiger partial charge in [-0.2, -0.15) is 0 Å². The van der Waals surface area contributed by atoms with E-state index in [-0.39, 0.29) is 0 Å². The number of benzene rings is 2. The summed E-state index contributed by atoms with van der Waals surface area (Å²) in [5.41, 5.74) is 4.44. The fourth-order valence-electron chi connectivity index (χ4n) is 3.28. The Balaban J connectivity index is 1.66. The zero-order chi connectivity index (χ0) is 14.7. The summed E-state index contributed by atoms with van der Waals surface area (Å²) >= 11 is 3.55. The quantitative estimate of drug-likeness (QED) is 0.802. The predicted molar refractivity (Wildman–Crippen MR) is 92.7 cm³/mol.